The molecule has 1 amide bonds. The highest BCUT2D eigenvalue weighted by Crippen LogP contribution is 2.26. The molecule has 112 valence electrons. The minimum absolute atomic E-state index is 0.174. The van der Waals surface area contributed by atoms with Crippen LogP contribution in [-0.4, -0.2) is 26.8 Å². The number of anilines is 1. The van der Waals surface area contributed by atoms with Crippen molar-refractivity contribution >= 4 is 28.2 Å². The van der Waals surface area contributed by atoms with Crippen LogP contribution in [0.2, 0.25) is 0 Å². The van der Waals surface area contributed by atoms with Gasteiger partial charge in [-0.3, -0.25) is 9.48 Å². The van der Waals surface area contributed by atoms with Crippen molar-refractivity contribution in [3.8, 4) is 0 Å². The first kappa shape index (κ1) is 15.2. The van der Waals surface area contributed by atoms with Gasteiger partial charge in [0.25, 0.3) is 0 Å². The van der Waals surface area contributed by atoms with Crippen LogP contribution in [0.25, 0.3) is 0 Å². The largest absolute Gasteiger partial charge is 0.477 e. The summed E-state index contributed by atoms with van der Waals surface area (Å²) in [6, 6.07) is 1.68. The fourth-order valence-corrected chi connectivity index (χ4v) is 3.10. The minimum atomic E-state index is -0.975. The van der Waals surface area contributed by atoms with E-state index in [0.29, 0.717) is 10.6 Å². The second-order valence-electron chi connectivity index (χ2n) is 4.93. The van der Waals surface area contributed by atoms with Gasteiger partial charge in [0.1, 0.15) is 4.88 Å². The molecule has 0 saturated heterocycles. The number of aryl methyl sites for hydroxylation is 3. The van der Waals surface area contributed by atoms with Gasteiger partial charge in [-0.1, -0.05) is 0 Å². The molecule has 2 aromatic rings. The molecular formula is C14H17N3O3S. The van der Waals surface area contributed by atoms with Crippen LogP contribution >= 0.6 is 11.3 Å². The van der Waals surface area contributed by atoms with E-state index < -0.39 is 5.97 Å². The Morgan fingerprint density at radius 3 is 2.52 bits per heavy atom. The Hall–Kier alpha value is -2.15. The molecule has 0 aromatic carbocycles. The van der Waals surface area contributed by atoms with E-state index >= 15 is 0 Å². The third-order valence-corrected chi connectivity index (χ3v) is 4.51. The molecule has 0 atom stereocenters. The number of carboxylic acid groups (broad SMARTS) is 1. The summed E-state index contributed by atoms with van der Waals surface area (Å²) in [4.78, 5) is 23.3. The van der Waals surface area contributed by atoms with E-state index in [4.69, 9.17) is 5.11 Å². The van der Waals surface area contributed by atoms with Crippen LogP contribution in [-0.2, 0) is 18.3 Å². The topological polar surface area (TPSA) is 84.2 Å². The first-order valence-electron chi connectivity index (χ1n) is 6.42. The smallest absolute Gasteiger partial charge is 0.346 e. The SMILES string of the molecule is Cc1cc(NC(=O)Cc2c(C)nn(C)c2C)sc1C(=O)O. The summed E-state index contributed by atoms with van der Waals surface area (Å²) in [6.45, 7) is 5.50. The molecule has 0 spiro atoms. The summed E-state index contributed by atoms with van der Waals surface area (Å²) in [6.07, 6.45) is 0.227. The molecule has 0 bridgehead atoms. The number of carbonyl (C=O) groups excluding carboxylic acids is 1. The average molecular weight is 307 g/mol. The zero-order chi connectivity index (χ0) is 15.7. The Morgan fingerprint density at radius 2 is 2.05 bits per heavy atom. The van der Waals surface area contributed by atoms with Crippen molar-refractivity contribution in [3.05, 3.63) is 33.5 Å². The van der Waals surface area contributed by atoms with E-state index in [-0.39, 0.29) is 17.2 Å². The number of aromatic carboxylic acids is 1. The van der Waals surface area contributed by atoms with Gasteiger partial charge in [0.2, 0.25) is 5.91 Å². The van der Waals surface area contributed by atoms with Gasteiger partial charge in [0.05, 0.1) is 17.1 Å². The Morgan fingerprint density at radius 1 is 1.38 bits per heavy atom. The van der Waals surface area contributed by atoms with Gasteiger partial charge in [-0.2, -0.15) is 5.10 Å². The number of aromatic nitrogens is 2. The number of carboxylic acids is 1. The predicted octanol–water partition coefficient (Wildman–Crippen LogP) is 2.29. The summed E-state index contributed by atoms with van der Waals surface area (Å²) < 4.78 is 1.75. The Bertz CT molecular complexity index is 715. The van der Waals surface area contributed by atoms with Crippen molar-refractivity contribution in [1.29, 1.82) is 0 Å². The molecule has 0 fully saturated rings. The fourth-order valence-electron chi connectivity index (χ4n) is 2.17. The lowest BCUT2D eigenvalue weighted by Gasteiger charge is -2.03. The van der Waals surface area contributed by atoms with Gasteiger partial charge in [-0.15, -0.1) is 11.3 Å². The van der Waals surface area contributed by atoms with Crippen molar-refractivity contribution < 1.29 is 14.7 Å². The zero-order valence-electron chi connectivity index (χ0n) is 12.4. The van der Waals surface area contributed by atoms with Crippen molar-refractivity contribution in [1.82, 2.24) is 9.78 Å². The Labute approximate surface area is 126 Å². The first-order valence-corrected chi connectivity index (χ1v) is 7.24. The van der Waals surface area contributed by atoms with E-state index in [1.807, 2.05) is 20.9 Å². The van der Waals surface area contributed by atoms with Crippen LogP contribution in [0.3, 0.4) is 0 Å². The summed E-state index contributed by atoms with van der Waals surface area (Å²) in [5, 5.41) is 16.6. The number of thiophene rings is 1. The summed E-state index contributed by atoms with van der Waals surface area (Å²) in [7, 11) is 1.84. The number of hydrogen-bond acceptors (Lipinski definition) is 4. The van der Waals surface area contributed by atoms with Crippen LogP contribution in [0, 0.1) is 20.8 Å². The third kappa shape index (κ3) is 3.13. The molecule has 2 aromatic heterocycles. The molecule has 7 heteroatoms. The Kier molecular flexibility index (Phi) is 4.13. The molecule has 0 saturated carbocycles. The van der Waals surface area contributed by atoms with E-state index in [2.05, 4.69) is 10.4 Å². The first-order chi connectivity index (χ1) is 9.79. The van der Waals surface area contributed by atoms with E-state index in [9.17, 15) is 9.59 Å². The second kappa shape index (κ2) is 5.69. The monoisotopic (exact) mass is 307 g/mol. The van der Waals surface area contributed by atoms with Crippen LogP contribution in [0.1, 0.15) is 32.2 Å². The van der Waals surface area contributed by atoms with Crippen LogP contribution in [0.5, 0.6) is 0 Å². The number of nitrogens with one attached hydrogen (secondary N) is 1. The molecule has 0 radical (unpaired) electrons. The lowest BCUT2D eigenvalue weighted by Crippen LogP contribution is -2.14. The molecule has 21 heavy (non-hydrogen) atoms. The normalized spacial score (nSPS) is 10.7. The maximum Gasteiger partial charge on any atom is 0.346 e. The van der Waals surface area contributed by atoms with Crippen molar-refractivity contribution in [3.63, 3.8) is 0 Å². The van der Waals surface area contributed by atoms with Crippen molar-refractivity contribution in [2.75, 3.05) is 5.32 Å². The highest BCUT2D eigenvalue weighted by atomic mass is 32.1. The van der Waals surface area contributed by atoms with E-state index in [1.54, 1.807) is 17.7 Å². The van der Waals surface area contributed by atoms with Gasteiger partial charge in [0, 0.05) is 18.3 Å². The predicted molar refractivity (Wildman–Crippen MR) is 81.0 cm³/mol. The number of nitrogens with zero attached hydrogens (tertiary/aromatic N) is 2. The molecule has 0 aliphatic heterocycles. The summed E-state index contributed by atoms with van der Waals surface area (Å²) >= 11 is 1.07. The molecular weight excluding hydrogens is 290 g/mol. The van der Waals surface area contributed by atoms with Crippen molar-refractivity contribution in [2.45, 2.75) is 27.2 Å². The van der Waals surface area contributed by atoms with Crippen LogP contribution in [0.15, 0.2) is 6.07 Å². The summed E-state index contributed by atoms with van der Waals surface area (Å²) in [5.74, 6) is -1.15. The summed E-state index contributed by atoms with van der Waals surface area (Å²) in [5.41, 5.74) is 3.34. The lowest BCUT2D eigenvalue weighted by atomic mass is 10.1. The second-order valence-corrected chi connectivity index (χ2v) is 5.98. The molecule has 2 N–H and O–H groups in total. The van der Waals surface area contributed by atoms with Crippen LogP contribution in [0.4, 0.5) is 5.00 Å². The molecule has 6 nitrogen and oxygen atoms in total. The lowest BCUT2D eigenvalue weighted by molar-refractivity contribution is -0.115. The fraction of sp³-hybridized carbons (Fsp3) is 0.357. The molecule has 2 heterocycles. The number of rotatable bonds is 4. The molecule has 0 unspecified atom stereocenters. The maximum absolute atomic E-state index is 12.1. The van der Waals surface area contributed by atoms with E-state index in [1.165, 1.54) is 0 Å². The van der Waals surface area contributed by atoms with Crippen LogP contribution < -0.4 is 5.32 Å². The highest BCUT2D eigenvalue weighted by Gasteiger charge is 2.16. The molecule has 2 rings (SSSR count). The van der Waals surface area contributed by atoms with Gasteiger partial charge >= 0.3 is 5.97 Å². The van der Waals surface area contributed by atoms with Gasteiger partial charge < -0.3 is 10.4 Å². The molecule has 0 aliphatic carbocycles. The standard InChI is InChI=1S/C14H17N3O3S/c1-7-5-12(21-13(7)14(19)20)15-11(18)6-10-8(2)16-17(4)9(10)3/h5H,6H2,1-4H3,(H,15,18)(H,19,20). The Balaban J connectivity index is 2.12. The number of amides is 1. The minimum Gasteiger partial charge on any atom is -0.477 e. The zero-order valence-corrected chi connectivity index (χ0v) is 13.2. The van der Waals surface area contributed by atoms with Gasteiger partial charge in [-0.25, -0.2) is 4.79 Å². The maximum atomic E-state index is 12.1. The van der Waals surface area contributed by atoms with Gasteiger partial charge in [-0.05, 0) is 32.4 Å². The van der Waals surface area contributed by atoms with Gasteiger partial charge in [0.15, 0.2) is 0 Å². The van der Waals surface area contributed by atoms with Crippen molar-refractivity contribution in [2.24, 2.45) is 7.05 Å². The van der Waals surface area contributed by atoms with E-state index in [0.717, 1.165) is 28.3 Å². The quantitative estimate of drug-likeness (QED) is 0.907. The number of hydrogen-bond donors (Lipinski definition) is 2. The number of carbonyl (C=O) groups is 2. The third-order valence-electron chi connectivity index (χ3n) is 3.37. The highest BCUT2D eigenvalue weighted by molar-refractivity contribution is 7.18. The molecule has 0 aliphatic rings. The average Bonchev–Trinajstić information content (AvgIpc) is 2.85.